The number of carbonyl (C=O) groups excluding carboxylic acids is 12. The van der Waals surface area contributed by atoms with Crippen molar-refractivity contribution in [3.8, 4) is 0 Å². The zero-order chi connectivity index (χ0) is 77.7. The molecular weight excluding hydrogens is 1370 g/mol. The van der Waals surface area contributed by atoms with Crippen molar-refractivity contribution in [2.24, 2.45) is 17.8 Å². The number of likely N-dealkylation sites (N-methyl/N-ethyl adjacent to an activating group) is 8. The fourth-order valence-corrected chi connectivity index (χ4v) is 14.1. The number of aryl methyl sites for hydroxylation is 2. The Balaban J connectivity index is 1.50. The van der Waals surface area contributed by atoms with Crippen LogP contribution >= 0.6 is 11.6 Å². The molecule has 3 fully saturated rings. The summed E-state index contributed by atoms with van der Waals surface area (Å²) >= 11 is 6.19. The molecule has 11 atom stereocenters. The summed E-state index contributed by atoms with van der Waals surface area (Å²) in [7, 11) is 12.5. The molecule has 1 spiro atoms. The van der Waals surface area contributed by atoms with Crippen LogP contribution in [0.4, 0.5) is 13.2 Å². The molecule has 2 aromatic carbocycles. The predicted octanol–water partition coefficient (Wildman–Crippen LogP) is 5.55. The van der Waals surface area contributed by atoms with Crippen LogP contribution < -0.4 is 16.0 Å². The Bertz CT molecular complexity index is 3600. The third kappa shape index (κ3) is 20.2. The van der Waals surface area contributed by atoms with Crippen LogP contribution in [0.15, 0.2) is 67.0 Å². The average molecular weight is 1480 g/mol. The number of fused-ring (bicyclic) bond motifs is 1. The van der Waals surface area contributed by atoms with Crippen molar-refractivity contribution in [3.05, 3.63) is 99.8 Å². The van der Waals surface area contributed by atoms with Gasteiger partial charge in [0.1, 0.15) is 59.9 Å². The summed E-state index contributed by atoms with van der Waals surface area (Å²) in [6, 6.07) is 1.62. The minimum atomic E-state index is -4.80. The maximum atomic E-state index is 15.7. The molecule has 572 valence electrons. The van der Waals surface area contributed by atoms with E-state index in [1.807, 2.05) is 46.8 Å². The van der Waals surface area contributed by atoms with Crippen LogP contribution in [0.5, 0.6) is 0 Å². The highest BCUT2D eigenvalue weighted by Crippen LogP contribution is 2.37. The van der Waals surface area contributed by atoms with Gasteiger partial charge in [-0.2, -0.15) is 13.2 Å². The summed E-state index contributed by atoms with van der Waals surface area (Å²) in [6.07, 6.45) is -1.14. The maximum absolute atomic E-state index is 15.7. The first kappa shape index (κ1) is 84.2. The summed E-state index contributed by atoms with van der Waals surface area (Å²) < 4.78 is 41.9. The van der Waals surface area contributed by atoms with Gasteiger partial charge >= 0.3 is 6.18 Å². The SMILES string of the molecule is CC[C@H](C)[C@@H]1NC(=O)[C@H](CC(C)C)N(C)C(=O)C[C@@H](C(=O)N(C)C)N(C)C(=O)[C@H]([C@@H](C)CC)N(C)C(=O)C2(CCCC2)NC(=O)[C@H](Cc2cccnc2)N(C)C(=O)[C@H](CCc2ccc(C(F)(F)F)c(Cl)c2)NC(=O)CN(C)C(=O)[C@H](Cc2ccc(C)cc2)N(C)C(=O)C2CCN2C(=O)[C@H](C)N(C)C1=O. The molecule has 3 N–H and O–H groups in total. The van der Waals surface area contributed by atoms with Gasteiger partial charge in [0.2, 0.25) is 70.9 Å². The van der Waals surface area contributed by atoms with Gasteiger partial charge < -0.3 is 60.0 Å². The molecule has 3 aromatic rings. The normalized spacial score (nSPS) is 24.9. The highest BCUT2D eigenvalue weighted by molar-refractivity contribution is 6.31. The topological polar surface area (TPSA) is 283 Å². The second-order valence-corrected chi connectivity index (χ2v) is 29.7. The second kappa shape index (κ2) is 36.3. The number of aromatic nitrogens is 1. The van der Waals surface area contributed by atoms with E-state index in [4.69, 9.17) is 11.6 Å². The minimum Gasteiger partial charge on any atom is -0.347 e. The van der Waals surface area contributed by atoms with Crippen molar-refractivity contribution >= 4 is 82.5 Å². The van der Waals surface area contributed by atoms with E-state index in [2.05, 4.69) is 20.9 Å². The fraction of sp³-hybridized carbons (Fsp3) is 0.613. The molecule has 3 heterocycles. The summed E-state index contributed by atoms with van der Waals surface area (Å²) in [5, 5.41) is 8.03. The van der Waals surface area contributed by atoms with E-state index < -0.39 is 172 Å². The van der Waals surface area contributed by atoms with Crippen molar-refractivity contribution < 1.29 is 70.7 Å². The van der Waals surface area contributed by atoms with Crippen molar-refractivity contribution in [2.45, 2.75) is 205 Å². The first-order valence-electron chi connectivity index (χ1n) is 35.8. The monoisotopic (exact) mass is 1470 g/mol. The van der Waals surface area contributed by atoms with Crippen LogP contribution in [0.3, 0.4) is 0 Å². The number of carbonyl (C=O) groups is 12. The first-order chi connectivity index (χ1) is 48.7. The van der Waals surface area contributed by atoms with Crippen LogP contribution in [-0.2, 0) is 83.0 Å². The first-order valence-corrected chi connectivity index (χ1v) is 36.2. The van der Waals surface area contributed by atoms with E-state index in [-0.39, 0.29) is 69.4 Å². The Hall–Kier alpha value is -8.69. The molecular formula is C75H107ClF3N13O12. The zero-order valence-corrected chi connectivity index (χ0v) is 64.0. The number of alkyl halides is 3. The van der Waals surface area contributed by atoms with E-state index in [1.165, 1.54) is 118 Å². The molecule has 2 aliphatic heterocycles. The molecule has 3 aliphatic rings. The average Bonchev–Trinajstić information content (AvgIpc) is 1.14. The molecule has 2 saturated heterocycles. The number of nitrogens with one attached hydrogen (secondary N) is 3. The third-order valence-corrected chi connectivity index (χ3v) is 21.5. The van der Waals surface area contributed by atoms with Crippen LogP contribution in [0, 0.1) is 24.7 Å². The fourth-order valence-electron chi connectivity index (χ4n) is 13.8. The van der Waals surface area contributed by atoms with E-state index in [9.17, 15) is 46.7 Å². The van der Waals surface area contributed by atoms with Crippen LogP contribution in [-0.4, -0.2) is 256 Å². The van der Waals surface area contributed by atoms with Gasteiger partial charge in [0, 0.05) is 95.2 Å². The molecule has 6 rings (SSSR count). The lowest BCUT2D eigenvalue weighted by molar-refractivity contribution is -0.160. The molecule has 1 saturated carbocycles. The number of amides is 12. The number of benzene rings is 2. The molecule has 29 heteroatoms. The van der Waals surface area contributed by atoms with Gasteiger partial charge in [0.15, 0.2) is 0 Å². The lowest BCUT2D eigenvalue weighted by Crippen LogP contribution is -2.65. The van der Waals surface area contributed by atoms with Gasteiger partial charge in [0.25, 0.3) is 0 Å². The zero-order valence-electron chi connectivity index (χ0n) is 63.3. The third-order valence-electron chi connectivity index (χ3n) is 21.2. The number of hydrogen-bond donors (Lipinski definition) is 3. The van der Waals surface area contributed by atoms with Crippen molar-refractivity contribution in [1.29, 1.82) is 0 Å². The molecule has 0 radical (unpaired) electrons. The molecule has 104 heavy (non-hydrogen) atoms. The van der Waals surface area contributed by atoms with Gasteiger partial charge in [-0.25, -0.2) is 0 Å². The Labute approximate surface area is 614 Å². The minimum absolute atomic E-state index is 0.0674. The Kier molecular flexibility index (Phi) is 29.4. The summed E-state index contributed by atoms with van der Waals surface area (Å²) in [5.74, 6) is -10.0. The van der Waals surface area contributed by atoms with Crippen LogP contribution in [0.2, 0.25) is 5.02 Å². The Morgan fingerprint density at radius 3 is 1.84 bits per heavy atom. The lowest BCUT2D eigenvalue weighted by atomic mass is 9.90. The number of hydrogen-bond acceptors (Lipinski definition) is 13. The number of nitrogens with zero attached hydrogens (tertiary/aromatic N) is 10. The van der Waals surface area contributed by atoms with E-state index in [1.54, 1.807) is 38.1 Å². The van der Waals surface area contributed by atoms with E-state index in [0.717, 1.165) is 32.4 Å². The summed E-state index contributed by atoms with van der Waals surface area (Å²) in [5.41, 5.74) is -0.550. The summed E-state index contributed by atoms with van der Waals surface area (Å²) in [4.78, 5) is 195. The largest absolute Gasteiger partial charge is 0.417 e. The number of halogens is 4. The van der Waals surface area contributed by atoms with E-state index >= 15 is 24.0 Å². The Morgan fingerprint density at radius 2 is 1.29 bits per heavy atom. The summed E-state index contributed by atoms with van der Waals surface area (Å²) in [6.45, 7) is 13.6. The van der Waals surface area contributed by atoms with Gasteiger partial charge in [-0.1, -0.05) is 121 Å². The highest BCUT2D eigenvalue weighted by Gasteiger charge is 2.51. The van der Waals surface area contributed by atoms with Crippen LogP contribution in [0.25, 0.3) is 0 Å². The smallest absolute Gasteiger partial charge is 0.347 e. The van der Waals surface area contributed by atoms with Crippen molar-refractivity contribution in [2.75, 3.05) is 76.5 Å². The Morgan fingerprint density at radius 1 is 0.683 bits per heavy atom. The predicted molar refractivity (Wildman–Crippen MR) is 385 cm³/mol. The maximum Gasteiger partial charge on any atom is 0.417 e. The van der Waals surface area contributed by atoms with Crippen molar-refractivity contribution in [3.63, 3.8) is 0 Å². The molecule has 25 nitrogen and oxygen atoms in total. The molecule has 1 aromatic heterocycles. The van der Waals surface area contributed by atoms with Gasteiger partial charge in [0.05, 0.1) is 23.6 Å². The van der Waals surface area contributed by atoms with Gasteiger partial charge in [-0.3, -0.25) is 62.5 Å². The van der Waals surface area contributed by atoms with E-state index in [0.29, 0.717) is 36.8 Å². The standard InChI is InChI=1S/C75H107ClF3N13O12/c1-18-46(6)62-71(102)86(12)48(8)66(97)92-36-32-55(92)70(101)89(15)58(39-50-26-24-45(5)25-27-50)69(100)85(11)43-60(93)81-54(31-29-49-28-30-52(53(76)38-49)75(77,78)79)67(98)88(14)57(40-51-23-22-35-80-42-51)65(96)83-74(33-20-21-34-74)73(104)91(17)63(47(7)19-2)72(103)90(16)59(68(99)84(9)10)41-61(94)87(13)56(37-44(3)4)64(95)82-62/h22-28,30,35,38,42,44,46-48,54-59,62-63H,18-21,29,31-34,36-37,39-41,43H2,1-17H3,(H,81,93)(H,82,95)(H,83,96)/t46-,47-,48-,54-,55?,56-,57-,58-,59-,62-,63-/m0/s1. The van der Waals surface area contributed by atoms with Crippen molar-refractivity contribution in [1.82, 2.24) is 65.0 Å². The molecule has 1 unspecified atom stereocenters. The van der Waals surface area contributed by atoms with Gasteiger partial charge in [-0.15, -0.1) is 0 Å². The second-order valence-electron chi connectivity index (χ2n) is 29.3. The quantitative estimate of drug-likeness (QED) is 0.179. The highest BCUT2D eigenvalue weighted by atomic mass is 35.5. The molecule has 12 amide bonds. The lowest BCUT2D eigenvalue weighted by Gasteiger charge is -2.45. The molecule has 1 aliphatic carbocycles. The molecule has 0 bridgehead atoms. The number of pyridine rings is 1. The van der Waals surface area contributed by atoms with Gasteiger partial charge in [-0.05, 0) is 105 Å². The van der Waals surface area contributed by atoms with Crippen LogP contribution in [0.1, 0.15) is 140 Å². The number of rotatable bonds is 14.